The second kappa shape index (κ2) is 14.0. The third-order valence-electron chi connectivity index (χ3n) is 6.67. The maximum Gasteiger partial charge on any atom is 0.308 e. The van der Waals surface area contributed by atoms with E-state index in [4.69, 9.17) is 9.47 Å². The first-order valence-corrected chi connectivity index (χ1v) is 14.4. The SMILES string of the molecule is CSNCC#Cc1ccc(N2C(=O)[C@H](CCC(OC(C)=O)c3ccc(F)cc3)C2c2ccc(OC(C)=O)cc2)cc1. The highest BCUT2D eigenvalue weighted by Gasteiger charge is 2.48. The molecule has 7 nitrogen and oxygen atoms in total. The van der Waals surface area contributed by atoms with Crippen molar-refractivity contribution in [1.82, 2.24) is 4.72 Å². The van der Waals surface area contributed by atoms with E-state index in [1.807, 2.05) is 42.7 Å². The first kappa shape index (κ1) is 29.8. The Bertz CT molecular complexity index is 1430. The van der Waals surface area contributed by atoms with Crippen LogP contribution in [-0.4, -0.2) is 30.6 Å². The van der Waals surface area contributed by atoms with E-state index in [0.29, 0.717) is 30.7 Å². The van der Waals surface area contributed by atoms with Crippen molar-refractivity contribution in [2.45, 2.75) is 38.8 Å². The number of amides is 1. The topological polar surface area (TPSA) is 84.9 Å². The van der Waals surface area contributed by atoms with Gasteiger partial charge in [-0.1, -0.05) is 48.1 Å². The van der Waals surface area contributed by atoms with Gasteiger partial charge in [-0.05, 0) is 78.8 Å². The third-order valence-corrected chi connectivity index (χ3v) is 7.10. The molecule has 1 aliphatic heterocycles. The zero-order chi connectivity index (χ0) is 29.4. The van der Waals surface area contributed by atoms with Crippen molar-refractivity contribution >= 4 is 35.5 Å². The van der Waals surface area contributed by atoms with E-state index in [-0.39, 0.29) is 23.7 Å². The van der Waals surface area contributed by atoms with Gasteiger partial charge in [0.05, 0.1) is 18.5 Å². The van der Waals surface area contributed by atoms with Crippen LogP contribution in [0.3, 0.4) is 0 Å². The molecule has 0 aliphatic carbocycles. The number of ether oxygens (including phenoxy) is 2. The van der Waals surface area contributed by atoms with Crippen LogP contribution in [0.4, 0.5) is 10.1 Å². The number of nitrogens with one attached hydrogen (secondary N) is 1. The van der Waals surface area contributed by atoms with Crippen molar-refractivity contribution in [2.75, 3.05) is 17.7 Å². The highest BCUT2D eigenvalue weighted by Crippen LogP contribution is 2.46. The summed E-state index contributed by atoms with van der Waals surface area (Å²) < 4.78 is 27.3. The van der Waals surface area contributed by atoms with Crippen molar-refractivity contribution in [3.8, 4) is 17.6 Å². The molecule has 3 aromatic rings. The Hall–Kier alpha value is -4.13. The zero-order valence-electron chi connectivity index (χ0n) is 23.1. The Kier molecular flexibility index (Phi) is 10.2. The van der Waals surface area contributed by atoms with E-state index in [9.17, 15) is 18.8 Å². The van der Waals surface area contributed by atoms with Crippen LogP contribution in [0, 0.1) is 23.6 Å². The van der Waals surface area contributed by atoms with Gasteiger partial charge in [-0.2, -0.15) is 0 Å². The lowest BCUT2D eigenvalue weighted by Crippen LogP contribution is -2.55. The van der Waals surface area contributed by atoms with Crippen LogP contribution >= 0.6 is 11.9 Å². The molecule has 2 unspecified atom stereocenters. The third kappa shape index (κ3) is 7.75. The number of nitrogens with zero attached hydrogens (tertiary/aromatic N) is 1. The summed E-state index contributed by atoms with van der Waals surface area (Å²) >= 11 is 1.50. The summed E-state index contributed by atoms with van der Waals surface area (Å²) in [7, 11) is 0. The number of carbonyl (C=O) groups is 3. The molecule has 1 N–H and O–H groups in total. The van der Waals surface area contributed by atoms with Crippen LogP contribution in [0.25, 0.3) is 0 Å². The predicted octanol–water partition coefficient (Wildman–Crippen LogP) is 5.76. The van der Waals surface area contributed by atoms with Gasteiger partial charge in [0.15, 0.2) is 0 Å². The maximum absolute atomic E-state index is 13.6. The van der Waals surface area contributed by atoms with Gasteiger partial charge in [0.1, 0.15) is 17.7 Å². The molecule has 0 saturated carbocycles. The molecule has 0 bridgehead atoms. The summed E-state index contributed by atoms with van der Waals surface area (Å²) in [5.74, 6) is 4.88. The van der Waals surface area contributed by atoms with Crippen LogP contribution in [0.2, 0.25) is 0 Å². The standard InChI is InChI=1S/C32H31FN2O5S/c1-21(36)39-28-16-10-25(11-17-28)31-29(18-19-30(40-22(2)37)24-8-12-26(33)13-9-24)32(38)35(31)27-14-6-23(7-15-27)5-4-20-34-41-3/h6-17,29-31,34H,18-20H2,1-3H3/t29-,30?,31?/m1/s1. The van der Waals surface area contributed by atoms with Crippen molar-refractivity contribution in [2.24, 2.45) is 5.92 Å². The van der Waals surface area contributed by atoms with Crippen LogP contribution < -0.4 is 14.4 Å². The van der Waals surface area contributed by atoms with E-state index < -0.39 is 18.0 Å². The molecule has 9 heteroatoms. The van der Waals surface area contributed by atoms with Gasteiger partial charge in [-0.25, -0.2) is 4.39 Å². The number of carbonyl (C=O) groups excluding carboxylic acids is 3. The Morgan fingerprint density at radius 3 is 2.29 bits per heavy atom. The highest BCUT2D eigenvalue weighted by molar-refractivity contribution is 7.96. The summed E-state index contributed by atoms with van der Waals surface area (Å²) in [6.07, 6.45) is 2.15. The minimum Gasteiger partial charge on any atom is -0.458 e. The van der Waals surface area contributed by atoms with Crippen molar-refractivity contribution in [1.29, 1.82) is 0 Å². The second-order valence-electron chi connectivity index (χ2n) is 9.52. The summed E-state index contributed by atoms with van der Waals surface area (Å²) in [5.41, 5.74) is 3.12. The van der Waals surface area contributed by atoms with Crippen LogP contribution in [0.1, 0.15) is 55.5 Å². The number of β-lactam (4-membered cyclic amide) rings is 1. The summed E-state index contributed by atoms with van der Waals surface area (Å²) in [6, 6.07) is 20.1. The number of anilines is 1. The quantitative estimate of drug-likeness (QED) is 0.0823. The number of hydrogen-bond acceptors (Lipinski definition) is 7. The van der Waals surface area contributed by atoms with Crippen molar-refractivity contribution < 1.29 is 28.2 Å². The van der Waals surface area contributed by atoms with Crippen LogP contribution in [-0.2, 0) is 19.1 Å². The predicted molar refractivity (Wildman–Crippen MR) is 156 cm³/mol. The van der Waals surface area contributed by atoms with Crippen molar-refractivity contribution in [3.63, 3.8) is 0 Å². The van der Waals surface area contributed by atoms with Gasteiger partial charge in [-0.3, -0.25) is 19.1 Å². The molecular weight excluding hydrogens is 543 g/mol. The molecule has 212 valence electrons. The van der Waals surface area contributed by atoms with E-state index >= 15 is 0 Å². The van der Waals surface area contributed by atoms with E-state index in [0.717, 1.165) is 16.8 Å². The largest absolute Gasteiger partial charge is 0.458 e. The number of rotatable bonds is 10. The molecule has 0 aromatic heterocycles. The Labute approximate surface area is 243 Å². The maximum atomic E-state index is 13.6. The lowest BCUT2D eigenvalue weighted by atomic mass is 9.78. The minimum atomic E-state index is -0.611. The molecule has 1 amide bonds. The fourth-order valence-electron chi connectivity index (χ4n) is 4.86. The fourth-order valence-corrected chi connectivity index (χ4v) is 5.08. The molecule has 41 heavy (non-hydrogen) atoms. The fraction of sp³-hybridized carbons (Fsp3) is 0.281. The lowest BCUT2D eigenvalue weighted by Gasteiger charge is -2.48. The van der Waals surface area contributed by atoms with E-state index in [1.165, 1.54) is 37.9 Å². The molecule has 0 radical (unpaired) electrons. The molecule has 1 saturated heterocycles. The van der Waals surface area contributed by atoms with Gasteiger partial charge < -0.3 is 14.4 Å². The first-order valence-electron chi connectivity index (χ1n) is 13.2. The molecule has 1 fully saturated rings. The molecular formula is C32H31FN2O5S. The summed E-state index contributed by atoms with van der Waals surface area (Å²) in [5, 5.41) is 0. The molecule has 3 atom stereocenters. The van der Waals surface area contributed by atoms with Gasteiger partial charge in [0.25, 0.3) is 0 Å². The van der Waals surface area contributed by atoms with Gasteiger partial charge in [0.2, 0.25) is 5.91 Å². The molecule has 1 aliphatic rings. The van der Waals surface area contributed by atoms with Gasteiger partial charge >= 0.3 is 11.9 Å². The van der Waals surface area contributed by atoms with Gasteiger partial charge in [-0.15, -0.1) is 0 Å². The van der Waals surface area contributed by atoms with Crippen LogP contribution in [0.5, 0.6) is 5.75 Å². The number of hydrogen-bond donors (Lipinski definition) is 1. The van der Waals surface area contributed by atoms with Crippen LogP contribution in [0.15, 0.2) is 72.8 Å². The number of benzene rings is 3. The minimum absolute atomic E-state index is 0.0530. The zero-order valence-corrected chi connectivity index (χ0v) is 23.9. The number of halogens is 1. The van der Waals surface area contributed by atoms with Crippen molar-refractivity contribution in [3.05, 3.63) is 95.3 Å². The Morgan fingerprint density at radius 1 is 1.00 bits per heavy atom. The average molecular weight is 575 g/mol. The van der Waals surface area contributed by atoms with E-state index in [2.05, 4.69) is 16.6 Å². The van der Waals surface area contributed by atoms with Gasteiger partial charge in [0, 0.05) is 25.1 Å². The molecule has 1 heterocycles. The average Bonchev–Trinajstić information content (AvgIpc) is 2.95. The second-order valence-corrected chi connectivity index (χ2v) is 10.2. The normalized spacial score (nSPS) is 16.7. The van der Waals surface area contributed by atoms with E-state index in [1.54, 1.807) is 29.2 Å². The smallest absolute Gasteiger partial charge is 0.308 e. The Morgan fingerprint density at radius 2 is 1.68 bits per heavy atom. The highest BCUT2D eigenvalue weighted by atomic mass is 32.2. The molecule has 3 aromatic carbocycles. The summed E-state index contributed by atoms with van der Waals surface area (Å²) in [4.78, 5) is 38.5. The first-order chi connectivity index (χ1) is 19.8. The summed E-state index contributed by atoms with van der Waals surface area (Å²) in [6.45, 7) is 3.23. The molecule has 4 rings (SSSR count). The monoisotopic (exact) mass is 574 g/mol. The molecule has 0 spiro atoms. The number of esters is 2. The lowest BCUT2D eigenvalue weighted by molar-refractivity contribution is -0.147. The Balaban J connectivity index is 1.57.